The van der Waals surface area contributed by atoms with Gasteiger partial charge in [0.2, 0.25) is 0 Å². The normalized spacial score (nSPS) is 12.0. The Morgan fingerprint density at radius 2 is 1.95 bits per heavy atom. The molecule has 0 saturated heterocycles. The van der Waals surface area contributed by atoms with Crippen molar-refractivity contribution in [2.24, 2.45) is 5.73 Å². The summed E-state index contributed by atoms with van der Waals surface area (Å²) < 4.78 is 23.1. The number of non-ortho nitro benzene ring substituents is 1. The summed E-state index contributed by atoms with van der Waals surface area (Å²) in [5, 5.41) is 13.3. The highest BCUT2D eigenvalue weighted by atomic mass is 32.2. The van der Waals surface area contributed by atoms with E-state index in [0.717, 1.165) is 24.5 Å². The second-order valence-electron chi connectivity index (χ2n) is 5.42. The average Bonchev–Trinajstić information content (AvgIpc) is 2.33. The molecular weight excluding hydrogens is 298 g/mol. The van der Waals surface area contributed by atoms with E-state index in [2.05, 4.69) is 5.32 Å². The number of hydrogen-bond donors (Lipinski definition) is 2. The summed E-state index contributed by atoms with van der Waals surface area (Å²) in [6.45, 7) is 3.54. The molecule has 0 bridgehead atoms. The monoisotopic (exact) mass is 315 g/mol. The fraction of sp³-hybridized carbons (Fsp3) is 0.417. The summed E-state index contributed by atoms with van der Waals surface area (Å²) >= 11 is 0. The maximum atomic E-state index is 12.0. The van der Waals surface area contributed by atoms with E-state index in [0.29, 0.717) is 0 Å². The first-order chi connectivity index (χ1) is 9.40. The number of nitro benzene ring substituents is 1. The lowest BCUT2D eigenvalue weighted by atomic mass is 10.1. The summed E-state index contributed by atoms with van der Waals surface area (Å²) in [5.41, 5.74) is 4.50. The number of sulfone groups is 1. The summed E-state index contributed by atoms with van der Waals surface area (Å²) in [4.78, 5) is 21.8. The molecule has 0 fully saturated rings. The molecule has 0 aliphatic rings. The van der Waals surface area contributed by atoms with Gasteiger partial charge in [0.25, 0.3) is 11.6 Å². The number of amides is 1. The van der Waals surface area contributed by atoms with E-state index in [-0.39, 0.29) is 17.0 Å². The van der Waals surface area contributed by atoms with Crippen LogP contribution in [0.1, 0.15) is 24.2 Å². The second kappa shape index (κ2) is 5.78. The van der Waals surface area contributed by atoms with E-state index in [4.69, 9.17) is 5.73 Å². The van der Waals surface area contributed by atoms with E-state index < -0.39 is 31.9 Å². The van der Waals surface area contributed by atoms with E-state index in [1.54, 1.807) is 13.8 Å². The van der Waals surface area contributed by atoms with Crippen molar-refractivity contribution >= 4 is 21.4 Å². The fourth-order valence-electron chi connectivity index (χ4n) is 1.44. The van der Waals surface area contributed by atoms with Crippen molar-refractivity contribution < 1.29 is 18.1 Å². The minimum Gasteiger partial charge on any atom is -0.350 e. The SMILES string of the molecule is CC(C)(N)CNC(=O)c1cc([N+](=O)[O-])cc(S(C)(=O)=O)c1. The van der Waals surface area contributed by atoms with E-state index >= 15 is 0 Å². The first kappa shape index (κ1) is 17.1. The van der Waals surface area contributed by atoms with Crippen LogP contribution < -0.4 is 11.1 Å². The molecule has 1 rings (SSSR count). The molecule has 21 heavy (non-hydrogen) atoms. The number of nitro groups is 1. The van der Waals surface area contributed by atoms with Crippen LogP contribution in [0.25, 0.3) is 0 Å². The van der Waals surface area contributed by atoms with Gasteiger partial charge in [0.05, 0.1) is 9.82 Å². The van der Waals surface area contributed by atoms with Gasteiger partial charge < -0.3 is 11.1 Å². The zero-order chi connectivity index (χ0) is 16.4. The molecule has 0 radical (unpaired) electrons. The van der Waals surface area contributed by atoms with Crippen LogP contribution in [-0.4, -0.2) is 37.6 Å². The number of hydrogen-bond acceptors (Lipinski definition) is 6. The minimum atomic E-state index is -3.67. The van der Waals surface area contributed by atoms with Gasteiger partial charge in [-0.25, -0.2) is 8.42 Å². The average molecular weight is 315 g/mol. The maximum Gasteiger partial charge on any atom is 0.271 e. The van der Waals surface area contributed by atoms with Gasteiger partial charge >= 0.3 is 0 Å². The van der Waals surface area contributed by atoms with Gasteiger partial charge in [0.15, 0.2) is 9.84 Å². The van der Waals surface area contributed by atoms with Gasteiger partial charge in [-0.15, -0.1) is 0 Å². The zero-order valence-corrected chi connectivity index (χ0v) is 12.7. The Labute approximate surface area is 122 Å². The number of carbonyl (C=O) groups is 1. The van der Waals surface area contributed by atoms with Gasteiger partial charge in [-0.1, -0.05) is 0 Å². The molecule has 0 aliphatic heterocycles. The van der Waals surface area contributed by atoms with Crippen LogP contribution in [0.15, 0.2) is 23.1 Å². The summed E-state index contributed by atoms with van der Waals surface area (Å²) in [6.07, 6.45) is 0.913. The van der Waals surface area contributed by atoms with E-state index in [1.807, 2.05) is 0 Å². The molecule has 9 heteroatoms. The molecule has 0 aromatic heterocycles. The highest BCUT2D eigenvalue weighted by Gasteiger charge is 2.20. The van der Waals surface area contributed by atoms with Crippen LogP contribution in [0.3, 0.4) is 0 Å². The smallest absolute Gasteiger partial charge is 0.271 e. The van der Waals surface area contributed by atoms with Crippen LogP contribution in [0, 0.1) is 10.1 Å². The Kier molecular flexibility index (Phi) is 4.69. The van der Waals surface area contributed by atoms with Crippen LogP contribution in [0.2, 0.25) is 0 Å². The van der Waals surface area contributed by atoms with Gasteiger partial charge in [0, 0.05) is 36.0 Å². The van der Waals surface area contributed by atoms with Crippen LogP contribution >= 0.6 is 0 Å². The predicted molar refractivity (Wildman–Crippen MR) is 76.8 cm³/mol. The molecule has 0 heterocycles. The summed E-state index contributed by atoms with van der Waals surface area (Å²) in [5.74, 6) is -0.623. The Morgan fingerprint density at radius 1 is 1.38 bits per heavy atom. The fourth-order valence-corrected chi connectivity index (χ4v) is 2.12. The first-order valence-electron chi connectivity index (χ1n) is 5.97. The summed E-state index contributed by atoms with van der Waals surface area (Å²) in [7, 11) is -3.67. The molecule has 0 unspecified atom stereocenters. The van der Waals surface area contributed by atoms with Crippen LogP contribution in [0.4, 0.5) is 5.69 Å². The quantitative estimate of drug-likeness (QED) is 0.599. The highest BCUT2D eigenvalue weighted by molar-refractivity contribution is 7.90. The number of nitrogens with one attached hydrogen (secondary N) is 1. The Morgan fingerprint density at radius 3 is 2.38 bits per heavy atom. The van der Waals surface area contributed by atoms with E-state index in [1.165, 1.54) is 0 Å². The van der Waals surface area contributed by atoms with Crippen molar-refractivity contribution in [3.8, 4) is 0 Å². The zero-order valence-electron chi connectivity index (χ0n) is 11.9. The molecule has 1 amide bonds. The molecule has 116 valence electrons. The molecule has 8 nitrogen and oxygen atoms in total. The topological polar surface area (TPSA) is 132 Å². The first-order valence-corrected chi connectivity index (χ1v) is 7.86. The third kappa shape index (κ3) is 5.12. The molecule has 0 atom stereocenters. The molecule has 0 saturated carbocycles. The van der Waals surface area contributed by atoms with Crippen LogP contribution in [0.5, 0.6) is 0 Å². The lowest BCUT2D eigenvalue weighted by Crippen LogP contribution is -2.45. The molecule has 0 aliphatic carbocycles. The minimum absolute atomic E-state index is 0.103. The van der Waals surface area contributed by atoms with Crippen molar-refractivity contribution in [3.05, 3.63) is 33.9 Å². The van der Waals surface area contributed by atoms with Gasteiger partial charge in [-0.2, -0.15) is 0 Å². The Bertz CT molecular complexity index is 677. The number of benzene rings is 1. The standard InChI is InChI=1S/C12H17N3O5S/c1-12(2,13)7-14-11(16)8-4-9(15(17)18)6-10(5-8)21(3,19)20/h4-6H,7,13H2,1-3H3,(H,14,16). The predicted octanol–water partition coefficient (Wildman–Crippen LogP) is 0.465. The number of rotatable bonds is 5. The molecular formula is C12H17N3O5S. The Hall–Kier alpha value is -2.00. The van der Waals surface area contributed by atoms with Crippen LogP contribution in [-0.2, 0) is 9.84 Å². The van der Waals surface area contributed by atoms with Crippen molar-refractivity contribution in [1.82, 2.24) is 5.32 Å². The molecule has 1 aromatic carbocycles. The summed E-state index contributed by atoms with van der Waals surface area (Å²) in [6, 6.07) is 3.04. The largest absolute Gasteiger partial charge is 0.350 e. The number of carbonyl (C=O) groups excluding carboxylic acids is 1. The molecule has 3 N–H and O–H groups in total. The van der Waals surface area contributed by atoms with Crippen molar-refractivity contribution in [2.45, 2.75) is 24.3 Å². The van der Waals surface area contributed by atoms with Gasteiger partial charge in [-0.3, -0.25) is 14.9 Å². The number of nitrogens with two attached hydrogens (primary N) is 1. The molecule has 1 aromatic rings. The highest BCUT2D eigenvalue weighted by Crippen LogP contribution is 2.21. The van der Waals surface area contributed by atoms with Crippen molar-refractivity contribution in [2.75, 3.05) is 12.8 Å². The van der Waals surface area contributed by atoms with Gasteiger partial charge in [-0.05, 0) is 19.9 Å². The lowest BCUT2D eigenvalue weighted by Gasteiger charge is -2.18. The van der Waals surface area contributed by atoms with E-state index in [9.17, 15) is 23.3 Å². The second-order valence-corrected chi connectivity index (χ2v) is 7.43. The maximum absolute atomic E-state index is 12.0. The Balaban J connectivity index is 3.20. The third-order valence-electron chi connectivity index (χ3n) is 2.50. The van der Waals surface area contributed by atoms with Crippen molar-refractivity contribution in [1.29, 1.82) is 0 Å². The number of nitrogens with zero attached hydrogens (tertiary/aromatic N) is 1. The van der Waals surface area contributed by atoms with Crippen molar-refractivity contribution in [3.63, 3.8) is 0 Å². The molecule has 0 spiro atoms. The third-order valence-corrected chi connectivity index (χ3v) is 3.59. The van der Waals surface area contributed by atoms with Gasteiger partial charge in [0.1, 0.15) is 0 Å². The lowest BCUT2D eigenvalue weighted by molar-refractivity contribution is -0.385.